The van der Waals surface area contributed by atoms with Crippen molar-refractivity contribution in [2.24, 2.45) is 7.05 Å². The lowest BCUT2D eigenvalue weighted by Gasteiger charge is -2.30. The van der Waals surface area contributed by atoms with E-state index < -0.39 is 11.9 Å². The van der Waals surface area contributed by atoms with Crippen LogP contribution < -0.4 is 5.32 Å². The molecule has 11 nitrogen and oxygen atoms in total. The Balaban J connectivity index is 1.67. The molecular weight excluding hydrogens is 354 g/mol. The van der Waals surface area contributed by atoms with Crippen LogP contribution in [0.25, 0.3) is 5.65 Å². The van der Waals surface area contributed by atoms with Gasteiger partial charge in [0.25, 0.3) is 17.6 Å². The zero-order valence-corrected chi connectivity index (χ0v) is 14.3. The molecule has 11 heteroatoms. The van der Waals surface area contributed by atoms with Crippen molar-refractivity contribution in [3.63, 3.8) is 0 Å². The number of carboxylic acids is 1. The van der Waals surface area contributed by atoms with Gasteiger partial charge in [-0.05, 0) is 18.6 Å². The van der Waals surface area contributed by atoms with Crippen molar-refractivity contribution in [2.75, 3.05) is 18.4 Å². The average Bonchev–Trinajstić information content (AvgIpc) is 3.17. The van der Waals surface area contributed by atoms with E-state index in [1.807, 2.05) is 0 Å². The number of aromatic carboxylic acids is 1. The van der Waals surface area contributed by atoms with Crippen LogP contribution in [-0.4, -0.2) is 65.3 Å². The van der Waals surface area contributed by atoms with Gasteiger partial charge in [-0.2, -0.15) is 9.61 Å². The summed E-state index contributed by atoms with van der Waals surface area (Å²) in [5.74, 6) is -2.23. The van der Waals surface area contributed by atoms with E-state index in [2.05, 4.69) is 20.5 Å². The van der Waals surface area contributed by atoms with Crippen molar-refractivity contribution in [2.45, 2.75) is 6.42 Å². The third-order valence-electron chi connectivity index (χ3n) is 4.32. The Hall–Kier alpha value is -3.76. The zero-order chi connectivity index (χ0) is 19.1. The van der Waals surface area contributed by atoms with Crippen LogP contribution in [0.5, 0.6) is 0 Å². The van der Waals surface area contributed by atoms with Crippen molar-refractivity contribution >= 4 is 29.2 Å². The van der Waals surface area contributed by atoms with Crippen molar-refractivity contribution in [3.05, 3.63) is 41.5 Å². The molecule has 1 aliphatic rings. The molecule has 27 heavy (non-hydrogen) atoms. The second kappa shape index (κ2) is 6.20. The van der Waals surface area contributed by atoms with Crippen molar-refractivity contribution in [1.29, 1.82) is 0 Å². The second-order valence-electron chi connectivity index (χ2n) is 6.05. The van der Waals surface area contributed by atoms with Crippen molar-refractivity contribution in [3.8, 4) is 0 Å². The Morgan fingerprint density at radius 1 is 1.22 bits per heavy atom. The number of carboxylic acid groups (broad SMARTS) is 1. The lowest BCUT2D eigenvalue weighted by atomic mass is 10.1. The minimum absolute atomic E-state index is 0.113. The van der Waals surface area contributed by atoms with E-state index in [1.165, 1.54) is 15.4 Å². The van der Waals surface area contributed by atoms with Crippen LogP contribution in [0.3, 0.4) is 0 Å². The summed E-state index contributed by atoms with van der Waals surface area (Å²) in [6.45, 7) is 1.32. The lowest BCUT2D eigenvalue weighted by Crippen LogP contribution is -2.42. The average molecular weight is 369 g/mol. The molecule has 0 spiro atoms. The number of amides is 2. The van der Waals surface area contributed by atoms with Gasteiger partial charge in [0.05, 0.1) is 11.8 Å². The first kappa shape index (κ1) is 16.7. The topological polar surface area (TPSA) is 135 Å². The Kier molecular flexibility index (Phi) is 3.83. The molecule has 0 radical (unpaired) electrons. The number of hydrogen-bond donors (Lipinski definition) is 2. The number of pyridine rings is 1. The summed E-state index contributed by atoms with van der Waals surface area (Å²) in [5, 5.41) is 19.6. The standard InChI is InChI=1S/C16H15N7O4/c1-21-12(9(8-17-21)15(25)22-6-3-7-22)14(24)19-11-5-2-4-10-18-13(16(26)27)20-23(10)11/h2,4-5,8H,3,6-7H2,1H3,(H,19,24)(H,26,27). The number of rotatable bonds is 4. The predicted octanol–water partition coefficient (Wildman–Crippen LogP) is 0.259. The van der Waals surface area contributed by atoms with Gasteiger partial charge in [-0.25, -0.2) is 9.78 Å². The molecule has 138 valence electrons. The molecule has 2 amide bonds. The molecule has 1 saturated heterocycles. The van der Waals surface area contributed by atoms with Crippen molar-refractivity contribution < 1.29 is 19.5 Å². The molecule has 0 saturated carbocycles. The maximum absolute atomic E-state index is 12.8. The van der Waals surface area contributed by atoms with E-state index in [0.717, 1.165) is 6.42 Å². The Morgan fingerprint density at radius 3 is 2.67 bits per heavy atom. The van der Waals surface area contributed by atoms with E-state index >= 15 is 0 Å². The molecule has 3 aromatic rings. The summed E-state index contributed by atoms with van der Waals surface area (Å²) < 4.78 is 2.54. The van der Waals surface area contributed by atoms with Crippen LogP contribution in [0.1, 0.15) is 37.9 Å². The number of nitrogens with zero attached hydrogens (tertiary/aromatic N) is 6. The van der Waals surface area contributed by atoms with Gasteiger partial charge >= 0.3 is 5.97 Å². The molecule has 2 N–H and O–H groups in total. The summed E-state index contributed by atoms with van der Waals surface area (Å²) in [5.41, 5.74) is 0.598. The third-order valence-corrected chi connectivity index (χ3v) is 4.32. The lowest BCUT2D eigenvalue weighted by molar-refractivity contribution is 0.0646. The molecule has 4 rings (SSSR count). The van der Waals surface area contributed by atoms with Crippen molar-refractivity contribution in [1.82, 2.24) is 29.3 Å². The van der Waals surface area contributed by atoms with Crippen LogP contribution >= 0.6 is 0 Å². The first-order valence-corrected chi connectivity index (χ1v) is 8.17. The maximum Gasteiger partial charge on any atom is 0.375 e. The maximum atomic E-state index is 12.8. The molecule has 3 aromatic heterocycles. The monoisotopic (exact) mass is 369 g/mol. The molecule has 1 aliphatic heterocycles. The van der Waals surface area contributed by atoms with E-state index in [1.54, 1.807) is 30.1 Å². The number of hydrogen-bond acceptors (Lipinski definition) is 6. The van der Waals surface area contributed by atoms with E-state index in [-0.39, 0.29) is 34.5 Å². The van der Waals surface area contributed by atoms with Gasteiger partial charge in [0.1, 0.15) is 11.5 Å². The van der Waals surface area contributed by atoms with Gasteiger partial charge in [0.15, 0.2) is 5.65 Å². The predicted molar refractivity (Wildman–Crippen MR) is 91.6 cm³/mol. The van der Waals surface area contributed by atoms with Gasteiger partial charge in [-0.3, -0.25) is 14.3 Å². The molecule has 0 bridgehead atoms. The van der Waals surface area contributed by atoms with Crippen LogP contribution in [0.4, 0.5) is 5.82 Å². The summed E-state index contributed by atoms with van der Waals surface area (Å²) in [4.78, 5) is 41.9. The minimum Gasteiger partial charge on any atom is -0.475 e. The van der Waals surface area contributed by atoms with E-state index in [0.29, 0.717) is 13.1 Å². The third kappa shape index (κ3) is 2.78. The largest absolute Gasteiger partial charge is 0.475 e. The SMILES string of the molecule is Cn1ncc(C(=O)N2CCC2)c1C(=O)Nc1cccc2nc(C(=O)O)nn12. The first-order valence-electron chi connectivity index (χ1n) is 8.17. The molecule has 0 atom stereocenters. The number of carbonyl (C=O) groups excluding carboxylic acids is 2. The van der Waals surface area contributed by atoms with E-state index in [9.17, 15) is 14.4 Å². The van der Waals surface area contributed by atoms with Gasteiger partial charge < -0.3 is 15.3 Å². The fraction of sp³-hybridized carbons (Fsp3) is 0.250. The molecule has 4 heterocycles. The molecular formula is C16H15N7O4. The first-order chi connectivity index (χ1) is 13.0. The quantitative estimate of drug-likeness (QED) is 0.673. The second-order valence-corrected chi connectivity index (χ2v) is 6.05. The fourth-order valence-electron chi connectivity index (χ4n) is 2.82. The molecule has 0 unspecified atom stereocenters. The number of aromatic nitrogens is 5. The number of anilines is 1. The normalized spacial score (nSPS) is 13.4. The Labute approximate surface area is 152 Å². The summed E-state index contributed by atoms with van der Waals surface area (Å²) in [6, 6.07) is 4.73. The number of carbonyl (C=O) groups is 3. The molecule has 1 fully saturated rings. The van der Waals surface area contributed by atoms with Crippen LogP contribution in [-0.2, 0) is 7.05 Å². The minimum atomic E-state index is -1.27. The summed E-state index contributed by atoms with van der Waals surface area (Å²) >= 11 is 0. The van der Waals surface area contributed by atoms with Gasteiger partial charge in [0, 0.05) is 20.1 Å². The van der Waals surface area contributed by atoms with Crippen LogP contribution in [0.15, 0.2) is 24.4 Å². The molecule has 0 aromatic carbocycles. The summed E-state index contributed by atoms with van der Waals surface area (Å²) in [6.07, 6.45) is 2.31. The number of fused-ring (bicyclic) bond motifs is 1. The summed E-state index contributed by atoms with van der Waals surface area (Å²) in [7, 11) is 1.57. The number of nitrogens with one attached hydrogen (secondary N) is 1. The van der Waals surface area contributed by atoms with E-state index in [4.69, 9.17) is 5.11 Å². The highest BCUT2D eigenvalue weighted by molar-refractivity contribution is 6.11. The fourth-order valence-corrected chi connectivity index (χ4v) is 2.82. The van der Waals surface area contributed by atoms with Gasteiger partial charge in [-0.15, -0.1) is 5.10 Å². The van der Waals surface area contributed by atoms with Crippen LogP contribution in [0.2, 0.25) is 0 Å². The van der Waals surface area contributed by atoms with Crippen LogP contribution in [0, 0.1) is 0 Å². The number of aryl methyl sites for hydroxylation is 1. The number of likely N-dealkylation sites (tertiary alicyclic amines) is 1. The Morgan fingerprint density at radius 2 is 2.00 bits per heavy atom. The Bertz CT molecular complexity index is 1080. The highest BCUT2D eigenvalue weighted by Crippen LogP contribution is 2.18. The highest BCUT2D eigenvalue weighted by atomic mass is 16.4. The molecule has 0 aliphatic carbocycles. The smallest absolute Gasteiger partial charge is 0.375 e. The zero-order valence-electron chi connectivity index (χ0n) is 14.3. The highest BCUT2D eigenvalue weighted by Gasteiger charge is 2.29. The van der Waals surface area contributed by atoms with Gasteiger partial charge in [-0.1, -0.05) is 6.07 Å². The van der Waals surface area contributed by atoms with Gasteiger partial charge in [0.2, 0.25) is 0 Å².